The molecule has 2 atom stereocenters. The van der Waals surface area contributed by atoms with Crippen LogP contribution in [0.2, 0.25) is 0 Å². The maximum absolute atomic E-state index is 12.7. The van der Waals surface area contributed by atoms with Crippen molar-refractivity contribution >= 4 is 5.91 Å². The van der Waals surface area contributed by atoms with Gasteiger partial charge in [-0.2, -0.15) is 0 Å². The van der Waals surface area contributed by atoms with E-state index in [1.54, 1.807) is 0 Å². The van der Waals surface area contributed by atoms with E-state index >= 15 is 0 Å². The van der Waals surface area contributed by atoms with Crippen molar-refractivity contribution in [3.63, 3.8) is 0 Å². The van der Waals surface area contributed by atoms with Crippen LogP contribution < -0.4 is 5.32 Å². The van der Waals surface area contributed by atoms with Crippen LogP contribution in [0.3, 0.4) is 0 Å². The van der Waals surface area contributed by atoms with Crippen LogP contribution in [-0.4, -0.2) is 48.7 Å². The molecule has 2 rings (SSSR count). The monoisotopic (exact) mass is 240 g/mol. The number of carbonyl (C=O) groups is 1. The van der Waals surface area contributed by atoms with Gasteiger partial charge in [-0.25, -0.2) is 0 Å². The van der Waals surface area contributed by atoms with Crippen molar-refractivity contribution in [1.82, 2.24) is 10.2 Å². The zero-order valence-corrected chi connectivity index (χ0v) is 11.0. The maximum atomic E-state index is 12.7. The summed E-state index contributed by atoms with van der Waals surface area (Å²) in [4.78, 5) is 14.7. The van der Waals surface area contributed by atoms with Gasteiger partial charge in [0, 0.05) is 6.54 Å². The topological polar surface area (TPSA) is 41.6 Å². The summed E-state index contributed by atoms with van der Waals surface area (Å²) in [7, 11) is 0. The smallest absolute Gasteiger partial charge is 0.242 e. The molecule has 2 aliphatic heterocycles. The van der Waals surface area contributed by atoms with Crippen LogP contribution in [0.25, 0.3) is 0 Å². The van der Waals surface area contributed by atoms with Gasteiger partial charge in [0.25, 0.3) is 0 Å². The zero-order valence-electron chi connectivity index (χ0n) is 11.0. The zero-order chi connectivity index (χ0) is 12.3. The van der Waals surface area contributed by atoms with Gasteiger partial charge in [-0.1, -0.05) is 6.92 Å². The lowest BCUT2D eigenvalue weighted by Crippen LogP contribution is -2.62. The highest BCUT2D eigenvalue weighted by atomic mass is 16.5. The van der Waals surface area contributed by atoms with Crippen molar-refractivity contribution in [1.29, 1.82) is 0 Å². The van der Waals surface area contributed by atoms with E-state index in [1.807, 2.05) is 4.90 Å². The van der Waals surface area contributed by atoms with Gasteiger partial charge >= 0.3 is 0 Å². The SMILES string of the molecule is CCC1COCCN1C(=O)C1(C)CCCCN1. The van der Waals surface area contributed by atoms with Gasteiger partial charge in [-0.3, -0.25) is 4.79 Å². The van der Waals surface area contributed by atoms with E-state index < -0.39 is 0 Å². The number of amides is 1. The van der Waals surface area contributed by atoms with Crippen LogP contribution in [0.15, 0.2) is 0 Å². The Kier molecular flexibility index (Phi) is 4.05. The van der Waals surface area contributed by atoms with E-state index in [1.165, 1.54) is 6.42 Å². The third-order valence-electron chi connectivity index (χ3n) is 4.05. The molecular weight excluding hydrogens is 216 g/mol. The summed E-state index contributed by atoms with van der Waals surface area (Å²) in [5.41, 5.74) is -0.344. The van der Waals surface area contributed by atoms with Gasteiger partial charge in [-0.05, 0) is 39.2 Å². The van der Waals surface area contributed by atoms with E-state index in [4.69, 9.17) is 4.74 Å². The highest BCUT2D eigenvalue weighted by Crippen LogP contribution is 2.24. The minimum Gasteiger partial charge on any atom is -0.377 e. The summed E-state index contributed by atoms with van der Waals surface area (Å²) in [6, 6.07) is 0.261. The van der Waals surface area contributed by atoms with Gasteiger partial charge in [0.2, 0.25) is 5.91 Å². The Hall–Kier alpha value is -0.610. The number of nitrogens with zero attached hydrogens (tertiary/aromatic N) is 1. The lowest BCUT2D eigenvalue weighted by molar-refractivity contribution is -0.147. The van der Waals surface area contributed by atoms with Crippen molar-refractivity contribution in [2.75, 3.05) is 26.3 Å². The molecule has 4 heteroatoms. The minimum atomic E-state index is -0.344. The minimum absolute atomic E-state index is 0.261. The summed E-state index contributed by atoms with van der Waals surface area (Å²) in [6.45, 7) is 7.25. The van der Waals surface area contributed by atoms with E-state index in [2.05, 4.69) is 19.2 Å². The number of carbonyl (C=O) groups excluding carboxylic acids is 1. The summed E-state index contributed by atoms with van der Waals surface area (Å²) >= 11 is 0. The standard InChI is InChI=1S/C13H24N2O2/c1-3-11-10-17-9-8-15(11)12(16)13(2)6-4-5-7-14-13/h11,14H,3-10H2,1-2H3. The van der Waals surface area contributed by atoms with E-state index in [-0.39, 0.29) is 17.5 Å². The first-order valence-corrected chi connectivity index (χ1v) is 6.81. The number of rotatable bonds is 2. The quantitative estimate of drug-likeness (QED) is 0.787. The lowest BCUT2D eigenvalue weighted by atomic mass is 9.88. The van der Waals surface area contributed by atoms with Gasteiger partial charge in [0.05, 0.1) is 24.8 Å². The summed E-state index contributed by atoms with van der Waals surface area (Å²) in [5, 5.41) is 3.41. The molecule has 2 saturated heterocycles. The Morgan fingerprint density at radius 3 is 3.00 bits per heavy atom. The highest BCUT2D eigenvalue weighted by molar-refractivity contribution is 5.86. The largest absolute Gasteiger partial charge is 0.377 e. The second kappa shape index (κ2) is 5.36. The second-order valence-corrected chi connectivity index (χ2v) is 5.35. The molecule has 0 aromatic carbocycles. The molecule has 0 radical (unpaired) electrons. The first-order valence-electron chi connectivity index (χ1n) is 6.81. The molecule has 0 aliphatic carbocycles. The molecule has 2 fully saturated rings. The van der Waals surface area contributed by atoms with Crippen LogP contribution in [-0.2, 0) is 9.53 Å². The number of hydrogen-bond acceptors (Lipinski definition) is 3. The fourth-order valence-electron chi connectivity index (χ4n) is 2.82. The molecule has 0 spiro atoms. The Balaban J connectivity index is 2.06. The Morgan fingerprint density at radius 1 is 1.53 bits per heavy atom. The average Bonchev–Trinajstić information content (AvgIpc) is 2.38. The maximum Gasteiger partial charge on any atom is 0.242 e. The van der Waals surface area contributed by atoms with Crippen molar-refractivity contribution < 1.29 is 9.53 Å². The molecule has 0 aromatic rings. The van der Waals surface area contributed by atoms with Gasteiger partial charge in [0.1, 0.15) is 0 Å². The molecule has 1 amide bonds. The number of ether oxygens (including phenoxy) is 1. The van der Waals surface area contributed by atoms with Crippen molar-refractivity contribution in [3.8, 4) is 0 Å². The van der Waals surface area contributed by atoms with E-state index in [9.17, 15) is 4.79 Å². The molecule has 98 valence electrons. The summed E-state index contributed by atoms with van der Waals surface area (Å²) in [5.74, 6) is 0.271. The fraction of sp³-hybridized carbons (Fsp3) is 0.923. The van der Waals surface area contributed by atoms with Crippen LogP contribution in [0.1, 0.15) is 39.5 Å². The van der Waals surface area contributed by atoms with E-state index in [0.717, 1.165) is 32.4 Å². The van der Waals surface area contributed by atoms with Crippen LogP contribution in [0.5, 0.6) is 0 Å². The third kappa shape index (κ3) is 2.63. The molecule has 0 saturated carbocycles. The first kappa shape index (κ1) is 12.8. The molecule has 2 unspecified atom stereocenters. The Labute approximate surface area is 104 Å². The Bertz CT molecular complexity index is 275. The van der Waals surface area contributed by atoms with Crippen LogP contribution >= 0.6 is 0 Å². The summed E-state index contributed by atoms with van der Waals surface area (Å²) in [6.07, 6.45) is 4.26. The predicted molar refractivity (Wildman–Crippen MR) is 66.9 cm³/mol. The number of nitrogens with one attached hydrogen (secondary N) is 1. The van der Waals surface area contributed by atoms with Crippen molar-refractivity contribution in [3.05, 3.63) is 0 Å². The van der Waals surface area contributed by atoms with Crippen molar-refractivity contribution in [2.24, 2.45) is 0 Å². The summed E-state index contributed by atoms with van der Waals surface area (Å²) < 4.78 is 5.46. The molecule has 0 aromatic heterocycles. The highest BCUT2D eigenvalue weighted by Gasteiger charge is 2.40. The van der Waals surface area contributed by atoms with Crippen molar-refractivity contribution in [2.45, 2.75) is 51.1 Å². The molecule has 2 aliphatic rings. The van der Waals surface area contributed by atoms with Gasteiger partial charge in [-0.15, -0.1) is 0 Å². The van der Waals surface area contributed by atoms with Crippen LogP contribution in [0, 0.1) is 0 Å². The fourth-order valence-corrected chi connectivity index (χ4v) is 2.82. The average molecular weight is 240 g/mol. The molecule has 0 bridgehead atoms. The number of morpholine rings is 1. The van der Waals surface area contributed by atoms with Gasteiger partial charge in [0.15, 0.2) is 0 Å². The molecule has 2 heterocycles. The molecule has 17 heavy (non-hydrogen) atoms. The van der Waals surface area contributed by atoms with Gasteiger partial charge < -0.3 is 15.0 Å². The Morgan fingerprint density at radius 2 is 2.35 bits per heavy atom. The predicted octanol–water partition coefficient (Wildman–Crippen LogP) is 1.16. The lowest BCUT2D eigenvalue weighted by Gasteiger charge is -2.42. The molecule has 1 N–H and O–H groups in total. The molecule has 4 nitrogen and oxygen atoms in total. The number of hydrogen-bond donors (Lipinski definition) is 1. The second-order valence-electron chi connectivity index (χ2n) is 5.35. The number of piperidine rings is 1. The van der Waals surface area contributed by atoms with E-state index in [0.29, 0.717) is 13.2 Å². The molecular formula is C13H24N2O2. The normalized spacial score (nSPS) is 34.7. The first-order chi connectivity index (χ1) is 8.17. The van der Waals surface area contributed by atoms with Crippen LogP contribution in [0.4, 0.5) is 0 Å². The third-order valence-corrected chi connectivity index (χ3v) is 4.05.